The van der Waals surface area contributed by atoms with Crippen molar-refractivity contribution in [3.05, 3.63) is 51.4 Å². The predicted molar refractivity (Wildman–Crippen MR) is 129 cm³/mol. The number of pyridine rings is 1. The van der Waals surface area contributed by atoms with Crippen LogP contribution >= 0.6 is 31.0 Å². The molecular weight excluding hydrogens is 518 g/mol. The summed E-state index contributed by atoms with van der Waals surface area (Å²) >= 11 is 2.19. The monoisotopic (exact) mass is 542 g/mol. The number of benzene rings is 1. The van der Waals surface area contributed by atoms with Gasteiger partial charge in [0.15, 0.2) is 5.65 Å². The first-order valence-corrected chi connectivity index (χ1v) is 13.4. The van der Waals surface area contributed by atoms with E-state index in [9.17, 15) is 8.42 Å². The second-order valence-electron chi connectivity index (χ2n) is 7.58. The summed E-state index contributed by atoms with van der Waals surface area (Å²) < 4.78 is 26.5. The molecule has 0 spiro atoms. The van der Waals surface area contributed by atoms with Crippen molar-refractivity contribution in [1.82, 2.24) is 18.8 Å². The average Bonchev–Trinajstić information content (AvgIpc) is 2.94. The zero-order chi connectivity index (χ0) is 20.8. The molecule has 6 nitrogen and oxygen atoms in total. The van der Waals surface area contributed by atoms with Crippen LogP contribution in [0.5, 0.6) is 0 Å². The Morgan fingerprint density at radius 1 is 1.10 bits per heavy atom. The average molecular weight is 542 g/mol. The maximum atomic E-state index is 12.1. The Labute approximate surface area is 187 Å². The number of halogens is 1. The number of nitrogens with zero attached hydrogens (tertiary/aromatic N) is 4. The van der Waals surface area contributed by atoms with E-state index < -0.39 is 9.64 Å². The van der Waals surface area contributed by atoms with Crippen molar-refractivity contribution in [3.63, 3.8) is 0 Å². The van der Waals surface area contributed by atoms with Crippen LogP contribution in [0.2, 0.25) is 0 Å². The number of piperazine rings is 1. The van der Waals surface area contributed by atoms with Crippen LogP contribution in [0.15, 0.2) is 36.5 Å². The van der Waals surface area contributed by atoms with Gasteiger partial charge in [0.25, 0.3) is 9.64 Å². The van der Waals surface area contributed by atoms with Gasteiger partial charge < -0.3 is 4.90 Å². The third-order valence-corrected chi connectivity index (χ3v) is 8.41. The molecule has 1 aromatic carbocycles. The molecule has 3 heterocycles. The lowest BCUT2D eigenvalue weighted by Gasteiger charge is -2.32. The fourth-order valence-corrected chi connectivity index (χ4v) is 6.20. The van der Waals surface area contributed by atoms with Crippen LogP contribution in [0, 0.1) is 10.5 Å². The highest BCUT2D eigenvalue weighted by Gasteiger charge is 2.20. The molecule has 1 fully saturated rings. The standard InChI is InChI=1S/C20H24IN4O2PS/c1-14-19(21)18-11-17(12-22-20(18)25(14)29(26,27)28)16-5-3-15(4-6-16)13-24-9-7-23(2)8-10-24/h3-6,11-12H,7-10,13,28H2,1-2H3. The van der Waals surface area contributed by atoms with E-state index in [0.29, 0.717) is 11.3 Å². The molecule has 9 heteroatoms. The van der Waals surface area contributed by atoms with Gasteiger partial charge in [-0.3, -0.25) is 4.90 Å². The molecule has 154 valence electrons. The second kappa shape index (κ2) is 8.23. The van der Waals surface area contributed by atoms with E-state index in [-0.39, 0.29) is 0 Å². The smallest absolute Gasteiger partial charge is 0.250 e. The molecule has 0 saturated carbocycles. The summed E-state index contributed by atoms with van der Waals surface area (Å²) in [4.78, 5) is 9.33. The van der Waals surface area contributed by atoms with E-state index in [1.807, 2.05) is 14.5 Å². The summed E-state index contributed by atoms with van der Waals surface area (Å²) in [5.74, 6) is 0. The summed E-state index contributed by atoms with van der Waals surface area (Å²) in [6, 6.07) is 10.6. The van der Waals surface area contributed by atoms with Gasteiger partial charge in [-0.15, -0.1) is 0 Å². The first-order chi connectivity index (χ1) is 13.7. The van der Waals surface area contributed by atoms with E-state index in [4.69, 9.17) is 0 Å². The van der Waals surface area contributed by atoms with Crippen molar-refractivity contribution in [3.8, 4) is 11.1 Å². The zero-order valence-electron chi connectivity index (χ0n) is 16.5. The summed E-state index contributed by atoms with van der Waals surface area (Å²) in [6.07, 6.45) is 1.75. The maximum Gasteiger partial charge on any atom is 0.250 e. The van der Waals surface area contributed by atoms with Crippen molar-refractivity contribution in [2.24, 2.45) is 0 Å². The van der Waals surface area contributed by atoms with E-state index in [2.05, 4.69) is 68.7 Å². The van der Waals surface area contributed by atoms with Crippen molar-refractivity contribution in [1.29, 1.82) is 0 Å². The van der Waals surface area contributed by atoms with Crippen LogP contribution in [0.3, 0.4) is 0 Å². The van der Waals surface area contributed by atoms with E-state index in [0.717, 1.165) is 52.8 Å². The van der Waals surface area contributed by atoms with Gasteiger partial charge in [-0.2, -0.15) is 0 Å². The topological polar surface area (TPSA) is 58.4 Å². The number of fused-ring (bicyclic) bond motifs is 1. The molecule has 0 amide bonds. The number of hydrogen-bond acceptors (Lipinski definition) is 5. The molecule has 1 unspecified atom stereocenters. The molecule has 0 radical (unpaired) electrons. The van der Waals surface area contributed by atoms with E-state index in [1.165, 1.54) is 9.54 Å². The van der Waals surface area contributed by atoms with Crippen molar-refractivity contribution in [2.75, 3.05) is 33.2 Å². The van der Waals surface area contributed by atoms with Crippen LogP contribution < -0.4 is 0 Å². The zero-order valence-corrected chi connectivity index (χ0v) is 20.6. The van der Waals surface area contributed by atoms with Gasteiger partial charge in [-0.1, -0.05) is 24.3 Å². The molecule has 1 atom stereocenters. The Bertz CT molecular complexity index is 1150. The lowest BCUT2D eigenvalue weighted by Crippen LogP contribution is -2.43. The molecule has 0 bridgehead atoms. The lowest BCUT2D eigenvalue weighted by atomic mass is 10.0. The minimum absolute atomic E-state index is 0.470. The molecule has 1 saturated heterocycles. The minimum atomic E-state index is -3.48. The van der Waals surface area contributed by atoms with Crippen LogP contribution in [-0.4, -0.2) is 60.4 Å². The maximum absolute atomic E-state index is 12.1. The van der Waals surface area contributed by atoms with Gasteiger partial charge in [0.05, 0.1) is 0 Å². The highest BCUT2D eigenvalue weighted by Crippen LogP contribution is 2.32. The molecule has 0 N–H and O–H groups in total. The first-order valence-electron chi connectivity index (χ1n) is 9.44. The Balaban J connectivity index is 1.61. The van der Waals surface area contributed by atoms with Crippen LogP contribution in [-0.2, 0) is 16.2 Å². The first kappa shape index (κ1) is 21.2. The predicted octanol–water partition coefficient (Wildman–Crippen LogP) is 3.33. The summed E-state index contributed by atoms with van der Waals surface area (Å²) in [5.41, 5.74) is 4.52. The molecule has 0 aliphatic carbocycles. The number of rotatable bonds is 4. The number of aromatic nitrogens is 2. The fourth-order valence-electron chi connectivity index (χ4n) is 3.76. The van der Waals surface area contributed by atoms with Crippen LogP contribution in [0.4, 0.5) is 0 Å². The second-order valence-corrected chi connectivity index (χ2v) is 11.8. The van der Waals surface area contributed by atoms with Crippen LogP contribution in [0.25, 0.3) is 22.2 Å². The van der Waals surface area contributed by atoms with Gasteiger partial charge in [0.2, 0.25) is 0 Å². The van der Waals surface area contributed by atoms with Gasteiger partial charge in [0.1, 0.15) is 0 Å². The fraction of sp³-hybridized carbons (Fsp3) is 0.350. The van der Waals surface area contributed by atoms with Gasteiger partial charge in [-0.05, 0) is 53.8 Å². The minimum Gasteiger partial charge on any atom is -0.304 e. The highest BCUT2D eigenvalue weighted by atomic mass is 127. The molecule has 4 rings (SSSR count). The Morgan fingerprint density at radius 3 is 2.38 bits per heavy atom. The number of likely N-dealkylation sites (N-methyl/N-ethyl adjacent to an activating group) is 1. The van der Waals surface area contributed by atoms with Crippen molar-refractivity contribution >= 4 is 51.7 Å². The molecular formula is C20H24IN4O2PS. The van der Waals surface area contributed by atoms with Crippen molar-refractivity contribution in [2.45, 2.75) is 13.5 Å². The molecule has 3 aromatic rings. The summed E-state index contributed by atoms with van der Waals surface area (Å²) in [7, 11) is 0.593. The largest absolute Gasteiger partial charge is 0.304 e. The summed E-state index contributed by atoms with van der Waals surface area (Å²) in [6.45, 7) is 7.22. The Kier molecular flexibility index (Phi) is 6.01. The van der Waals surface area contributed by atoms with E-state index in [1.54, 1.807) is 13.1 Å². The SMILES string of the molecule is Cc1c(I)c2cc(-c3ccc(CN4CCN(C)CC4)cc3)cnc2n1S(=O)(=O)P. The quantitative estimate of drug-likeness (QED) is 0.374. The summed E-state index contributed by atoms with van der Waals surface area (Å²) in [5, 5.41) is 0.855. The number of hydrogen-bond donors (Lipinski definition) is 0. The van der Waals surface area contributed by atoms with E-state index >= 15 is 0 Å². The van der Waals surface area contributed by atoms with Gasteiger partial charge >= 0.3 is 0 Å². The Hall–Kier alpha value is -1.06. The molecule has 1 aliphatic heterocycles. The Morgan fingerprint density at radius 2 is 1.76 bits per heavy atom. The molecule has 1 aliphatic rings. The third kappa shape index (κ3) is 4.37. The van der Waals surface area contributed by atoms with Crippen molar-refractivity contribution < 1.29 is 8.42 Å². The molecule has 2 aromatic heterocycles. The lowest BCUT2D eigenvalue weighted by molar-refractivity contribution is 0.148. The normalized spacial score (nSPS) is 16.6. The van der Waals surface area contributed by atoms with Gasteiger partial charge in [-0.25, -0.2) is 17.4 Å². The van der Waals surface area contributed by atoms with Crippen LogP contribution in [0.1, 0.15) is 11.3 Å². The molecule has 29 heavy (non-hydrogen) atoms. The third-order valence-electron chi connectivity index (χ3n) is 5.46. The van der Waals surface area contributed by atoms with Gasteiger partial charge in [0, 0.05) is 67.6 Å². The highest BCUT2D eigenvalue weighted by molar-refractivity contribution is 14.1.